The smallest absolute Gasteiger partial charge is 0.143 e. The Kier molecular flexibility index (Phi) is 2.45. The molecular formula is C9H5Cl2FS. The van der Waals surface area contributed by atoms with Gasteiger partial charge in [-0.05, 0) is 22.4 Å². The van der Waals surface area contributed by atoms with Crippen LogP contribution < -0.4 is 0 Å². The molecule has 2 rings (SSSR count). The topological polar surface area (TPSA) is 0 Å². The molecule has 0 nitrogen and oxygen atoms in total. The number of alkyl halides is 1. The molecule has 1 aromatic carbocycles. The average molecular weight is 235 g/mol. The normalized spacial score (nSPS) is 11.0. The third-order valence-electron chi connectivity index (χ3n) is 1.86. The number of hydrogen-bond donors (Lipinski definition) is 0. The summed E-state index contributed by atoms with van der Waals surface area (Å²) in [6.45, 7) is 0. The Morgan fingerprint density at radius 2 is 2.15 bits per heavy atom. The van der Waals surface area contributed by atoms with E-state index in [-0.39, 0.29) is 10.8 Å². The molecule has 0 fully saturated rings. The van der Waals surface area contributed by atoms with Crippen molar-refractivity contribution in [2.45, 2.75) is 5.88 Å². The molecule has 68 valence electrons. The molecule has 0 unspecified atom stereocenters. The minimum atomic E-state index is -0.378. The minimum absolute atomic E-state index is 0.193. The molecule has 4 heteroatoms. The second-order valence-corrected chi connectivity index (χ2v) is 4.16. The first-order valence-corrected chi connectivity index (χ1v) is 5.43. The summed E-state index contributed by atoms with van der Waals surface area (Å²) >= 11 is 12.9. The van der Waals surface area contributed by atoms with Crippen LogP contribution in [0.5, 0.6) is 0 Å². The maximum absolute atomic E-state index is 13.0. The van der Waals surface area contributed by atoms with Crippen LogP contribution >= 0.6 is 34.5 Å². The van der Waals surface area contributed by atoms with E-state index < -0.39 is 0 Å². The number of benzene rings is 1. The van der Waals surface area contributed by atoms with Crippen molar-refractivity contribution in [3.8, 4) is 0 Å². The van der Waals surface area contributed by atoms with Crippen molar-refractivity contribution in [1.82, 2.24) is 0 Å². The highest BCUT2D eigenvalue weighted by Crippen LogP contribution is 2.34. The van der Waals surface area contributed by atoms with Gasteiger partial charge in [-0.25, -0.2) is 4.39 Å². The summed E-state index contributed by atoms with van der Waals surface area (Å²) in [5.74, 6) is 0.0549. The van der Waals surface area contributed by atoms with E-state index in [1.54, 1.807) is 6.07 Å². The Bertz CT molecular complexity index is 450. The molecule has 1 aromatic heterocycles. The van der Waals surface area contributed by atoms with Crippen molar-refractivity contribution in [3.63, 3.8) is 0 Å². The van der Waals surface area contributed by atoms with Crippen LogP contribution in [0, 0.1) is 5.82 Å². The second kappa shape index (κ2) is 3.45. The van der Waals surface area contributed by atoms with Gasteiger partial charge in [0.2, 0.25) is 0 Å². The fourth-order valence-corrected chi connectivity index (χ4v) is 2.81. The number of thiophene rings is 1. The Morgan fingerprint density at radius 3 is 2.85 bits per heavy atom. The second-order valence-electron chi connectivity index (χ2n) is 2.63. The van der Waals surface area contributed by atoms with Gasteiger partial charge in [-0.2, -0.15) is 0 Å². The monoisotopic (exact) mass is 234 g/mol. The minimum Gasteiger partial charge on any atom is -0.205 e. The van der Waals surface area contributed by atoms with Crippen LogP contribution in [0.3, 0.4) is 0 Å². The quantitative estimate of drug-likeness (QED) is 0.641. The largest absolute Gasteiger partial charge is 0.205 e. The van der Waals surface area contributed by atoms with Gasteiger partial charge < -0.3 is 0 Å². The lowest BCUT2D eigenvalue weighted by Crippen LogP contribution is -1.77. The first-order valence-electron chi connectivity index (χ1n) is 3.64. The van der Waals surface area contributed by atoms with Crippen molar-refractivity contribution in [3.05, 3.63) is 33.9 Å². The third-order valence-corrected chi connectivity index (χ3v) is 3.69. The SMILES string of the molecule is Fc1ccc2c(CCl)csc2c1Cl. The van der Waals surface area contributed by atoms with Crippen LogP contribution in [-0.4, -0.2) is 0 Å². The van der Waals surface area contributed by atoms with E-state index in [9.17, 15) is 4.39 Å². The van der Waals surface area contributed by atoms with Gasteiger partial charge in [-0.1, -0.05) is 17.7 Å². The molecule has 0 amide bonds. The number of fused-ring (bicyclic) bond motifs is 1. The van der Waals surface area contributed by atoms with Crippen molar-refractivity contribution in [2.75, 3.05) is 0 Å². The van der Waals surface area contributed by atoms with Gasteiger partial charge in [-0.15, -0.1) is 22.9 Å². The van der Waals surface area contributed by atoms with Crippen molar-refractivity contribution < 1.29 is 4.39 Å². The number of hydrogen-bond acceptors (Lipinski definition) is 1. The fraction of sp³-hybridized carbons (Fsp3) is 0.111. The predicted octanol–water partition coefficient (Wildman–Crippen LogP) is 4.43. The van der Waals surface area contributed by atoms with Gasteiger partial charge in [0.1, 0.15) is 5.82 Å². The summed E-state index contributed by atoms with van der Waals surface area (Å²) < 4.78 is 13.8. The van der Waals surface area contributed by atoms with E-state index >= 15 is 0 Å². The first-order chi connectivity index (χ1) is 6.24. The lowest BCUT2D eigenvalue weighted by molar-refractivity contribution is 0.630. The molecule has 0 saturated heterocycles. The maximum atomic E-state index is 13.0. The molecule has 0 bridgehead atoms. The summed E-state index contributed by atoms with van der Waals surface area (Å²) in [6.07, 6.45) is 0. The van der Waals surface area contributed by atoms with E-state index in [4.69, 9.17) is 23.2 Å². The summed E-state index contributed by atoms with van der Waals surface area (Å²) in [7, 11) is 0. The van der Waals surface area contributed by atoms with Gasteiger partial charge >= 0.3 is 0 Å². The van der Waals surface area contributed by atoms with Crippen LogP contribution in [0.1, 0.15) is 5.56 Å². The Labute approximate surface area is 88.9 Å². The zero-order chi connectivity index (χ0) is 9.42. The van der Waals surface area contributed by atoms with E-state index in [0.29, 0.717) is 5.88 Å². The Balaban J connectivity index is 2.81. The van der Waals surface area contributed by atoms with Crippen molar-refractivity contribution in [1.29, 1.82) is 0 Å². The zero-order valence-corrected chi connectivity index (χ0v) is 8.81. The van der Waals surface area contributed by atoms with Crippen LogP contribution in [0.4, 0.5) is 4.39 Å². The van der Waals surface area contributed by atoms with Crippen LogP contribution in [-0.2, 0) is 5.88 Å². The molecular weight excluding hydrogens is 230 g/mol. The van der Waals surface area contributed by atoms with E-state index in [1.165, 1.54) is 17.4 Å². The molecule has 0 aliphatic rings. The standard InChI is InChI=1S/C9H5Cl2FS/c10-3-5-4-13-9-6(5)1-2-7(12)8(9)11/h1-2,4H,3H2. The highest BCUT2D eigenvalue weighted by molar-refractivity contribution is 7.18. The number of halogens is 3. The summed E-state index contributed by atoms with van der Waals surface area (Å²) in [5, 5.41) is 3.05. The molecule has 0 aliphatic heterocycles. The van der Waals surface area contributed by atoms with Gasteiger partial charge in [0.15, 0.2) is 0 Å². The molecule has 13 heavy (non-hydrogen) atoms. The van der Waals surface area contributed by atoms with Gasteiger partial charge in [-0.3, -0.25) is 0 Å². The highest BCUT2D eigenvalue weighted by atomic mass is 35.5. The predicted molar refractivity (Wildman–Crippen MR) is 56.4 cm³/mol. The molecule has 0 saturated carbocycles. The zero-order valence-electron chi connectivity index (χ0n) is 6.48. The number of rotatable bonds is 1. The molecule has 1 heterocycles. The van der Waals surface area contributed by atoms with Crippen LogP contribution in [0.15, 0.2) is 17.5 Å². The van der Waals surface area contributed by atoms with Crippen LogP contribution in [0.2, 0.25) is 5.02 Å². The molecule has 0 spiro atoms. The van der Waals surface area contributed by atoms with Crippen molar-refractivity contribution >= 4 is 44.6 Å². The van der Waals surface area contributed by atoms with Gasteiger partial charge in [0, 0.05) is 5.88 Å². The summed E-state index contributed by atoms with van der Waals surface area (Å²) in [4.78, 5) is 0. The average Bonchev–Trinajstić information content (AvgIpc) is 2.55. The van der Waals surface area contributed by atoms with E-state index in [0.717, 1.165) is 15.6 Å². The van der Waals surface area contributed by atoms with Crippen LogP contribution in [0.25, 0.3) is 10.1 Å². The molecule has 0 N–H and O–H groups in total. The summed E-state index contributed by atoms with van der Waals surface area (Å²) in [5.41, 5.74) is 1.00. The lowest BCUT2D eigenvalue weighted by Gasteiger charge is -1.96. The van der Waals surface area contributed by atoms with Gasteiger partial charge in [0.05, 0.1) is 9.72 Å². The Morgan fingerprint density at radius 1 is 1.38 bits per heavy atom. The summed E-state index contributed by atoms with van der Waals surface area (Å²) in [6, 6.07) is 3.08. The third kappa shape index (κ3) is 1.43. The Hall–Kier alpha value is -0.310. The molecule has 2 aromatic rings. The molecule has 0 aliphatic carbocycles. The highest BCUT2D eigenvalue weighted by Gasteiger charge is 2.09. The maximum Gasteiger partial charge on any atom is 0.143 e. The van der Waals surface area contributed by atoms with E-state index in [1.807, 2.05) is 5.38 Å². The van der Waals surface area contributed by atoms with Crippen molar-refractivity contribution in [2.24, 2.45) is 0 Å². The lowest BCUT2D eigenvalue weighted by atomic mass is 10.2. The first kappa shape index (κ1) is 9.25. The fourth-order valence-electron chi connectivity index (χ4n) is 1.20. The van der Waals surface area contributed by atoms with E-state index in [2.05, 4.69) is 0 Å². The molecule has 0 radical (unpaired) electrons. The molecule has 0 atom stereocenters. The van der Waals surface area contributed by atoms with Gasteiger partial charge in [0.25, 0.3) is 0 Å².